The highest BCUT2D eigenvalue weighted by atomic mass is 16.6. The van der Waals surface area contributed by atoms with E-state index in [9.17, 15) is 5.11 Å². The normalized spacial score (nSPS) is 22.1. The van der Waals surface area contributed by atoms with Gasteiger partial charge in [0.25, 0.3) is 0 Å². The van der Waals surface area contributed by atoms with Gasteiger partial charge in [-0.25, -0.2) is 0 Å². The van der Waals surface area contributed by atoms with Crippen LogP contribution in [0.4, 0.5) is 0 Å². The van der Waals surface area contributed by atoms with Gasteiger partial charge in [-0.1, -0.05) is 19.3 Å². The fourth-order valence-electron chi connectivity index (χ4n) is 1.59. The van der Waals surface area contributed by atoms with Gasteiger partial charge in [-0.3, -0.25) is 0 Å². The zero-order valence-electron chi connectivity index (χ0n) is 7.47. The molecule has 2 heteroatoms. The van der Waals surface area contributed by atoms with Crippen LogP contribution in [-0.2, 0) is 4.74 Å². The van der Waals surface area contributed by atoms with Crippen molar-refractivity contribution < 1.29 is 9.84 Å². The third kappa shape index (κ3) is 3.73. The lowest BCUT2D eigenvalue weighted by molar-refractivity contribution is -0.210. The van der Waals surface area contributed by atoms with Gasteiger partial charge in [0, 0.05) is 0 Å². The molecule has 0 aromatic carbocycles. The molecule has 0 aromatic heterocycles. The highest BCUT2D eigenvalue weighted by Crippen LogP contribution is 2.23. The van der Waals surface area contributed by atoms with Gasteiger partial charge < -0.3 is 9.84 Å². The predicted molar refractivity (Wildman–Crippen MR) is 44.3 cm³/mol. The molecule has 1 aliphatic rings. The van der Waals surface area contributed by atoms with Crippen LogP contribution in [0.1, 0.15) is 46.0 Å². The van der Waals surface area contributed by atoms with Gasteiger partial charge in [0.15, 0.2) is 5.79 Å². The lowest BCUT2D eigenvalue weighted by Crippen LogP contribution is -2.31. The summed E-state index contributed by atoms with van der Waals surface area (Å²) in [7, 11) is 0. The van der Waals surface area contributed by atoms with E-state index in [2.05, 4.69) is 0 Å². The first-order valence-electron chi connectivity index (χ1n) is 4.48. The number of hydrogen-bond donors (Lipinski definition) is 1. The average molecular weight is 158 g/mol. The van der Waals surface area contributed by atoms with E-state index >= 15 is 0 Å². The van der Waals surface area contributed by atoms with Gasteiger partial charge >= 0.3 is 0 Å². The van der Waals surface area contributed by atoms with Crippen molar-refractivity contribution in [2.24, 2.45) is 0 Å². The smallest absolute Gasteiger partial charge is 0.160 e. The maximum absolute atomic E-state index is 9.35. The Morgan fingerprint density at radius 1 is 1.18 bits per heavy atom. The standard InChI is InChI=1S/C9H18O2/c1-9(2,10)11-8-6-4-3-5-7-8/h8,10H,3-7H2,1-2H3. The summed E-state index contributed by atoms with van der Waals surface area (Å²) in [6.07, 6.45) is 6.35. The van der Waals surface area contributed by atoms with Crippen molar-refractivity contribution in [3.8, 4) is 0 Å². The third-order valence-corrected chi connectivity index (χ3v) is 2.01. The van der Waals surface area contributed by atoms with Gasteiger partial charge in [-0.15, -0.1) is 0 Å². The summed E-state index contributed by atoms with van der Waals surface area (Å²) in [5.74, 6) is -0.942. The van der Waals surface area contributed by atoms with Crippen LogP contribution in [0.15, 0.2) is 0 Å². The van der Waals surface area contributed by atoms with E-state index in [0.29, 0.717) is 6.10 Å². The Hall–Kier alpha value is -0.0800. The van der Waals surface area contributed by atoms with Crippen LogP contribution in [0.25, 0.3) is 0 Å². The molecule has 0 spiro atoms. The molecule has 1 rings (SSSR count). The quantitative estimate of drug-likeness (QED) is 0.623. The van der Waals surface area contributed by atoms with Crippen LogP contribution in [0.2, 0.25) is 0 Å². The van der Waals surface area contributed by atoms with Gasteiger partial charge in [0.05, 0.1) is 6.10 Å². The molecule has 2 nitrogen and oxygen atoms in total. The highest BCUT2D eigenvalue weighted by Gasteiger charge is 2.21. The van der Waals surface area contributed by atoms with E-state index in [1.54, 1.807) is 13.8 Å². The maximum atomic E-state index is 9.35. The first kappa shape index (κ1) is 9.01. The van der Waals surface area contributed by atoms with Crippen molar-refractivity contribution in [2.45, 2.75) is 57.8 Å². The minimum atomic E-state index is -0.942. The largest absolute Gasteiger partial charge is 0.366 e. The lowest BCUT2D eigenvalue weighted by atomic mass is 9.97. The first-order chi connectivity index (χ1) is 5.08. The molecule has 0 unspecified atom stereocenters. The molecule has 0 atom stereocenters. The first-order valence-corrected chi connectivity index (χ1v) is 4.48. The minimum Gasteiger partial charge on any atom is -0.366 e. The third-order valence-electron chi connectivity index (χ3n) is 2.01. The topological polar surface area (TPSA) is 29.5 Å². The number of hydrogen-bond acceptors (Lipinski definition) is 2. The summed E-state index contributed by atoms with van der Waals surface area (Å²) in [5.41, 5.74) is 0. The second-order valence-electron chi connectivity index (χ2n) is 3.82. The van der Waals surface area contributed by atoms with Gasteiger partial charge in [-0.05, 0) is 26.7 Å². The summed E-state index contributed by atoms with van der Waals surface area (Å²) >= 11 is 0. The van der Waals surface area contributed by atoms with Crippen LogP contribution < -0.4 is 0 Å². The molecule has 1 saturated carbocycles. The lowest BCUT2D eigenvalue weighted by Gasteiger charge is -2.28. The summed E-state index contributed by atoms with van der Waals surface area (Å²) in [6, 6.07) is 0. The fraction of sp³-hybridized carbons (Fsp3) is 1.00. The minimum absolute atomic E-state index is 0.295. The Morgan fingerprint density at radius 2 is 1.73 bits per heavy atom. The second kappa shape index (κ2) is 3.55. The molecule has 1 aliphatic carbocycles. The zero-order chi connectivity index (χ0) is 8.32. The second-order valence-corrected chi connectivity index (χ2v) is 3.82. The van der Waals surface area contributed by atoms with E-state index < -0.39 is 5.79 Å². The van der Waals surface area contributed by atoms with Crippen LogP contribution in [0.5, 0.6) is 0 Å². The van der Waals surface area contributed by atoms with E-state index in [-0.39, 0.29) is 0 Å². The fourth-order valence-corrected chi connectivity index (χ4v) is 1.59. The van der Waals surface area contributed by atoms with Crippen LogP contribution >= 0.6 is 0 Å². The SMILES string of the molecule is CC(C)(O)OC1CCCCC1. The molecule has 0 amide bonds. The van der Waals surface area contributed by atoms with Crippen LogP contribution in [-0.4, -0.2) is 17.0 Å². The summed E-state index contributed by atoms with van der Waals surface area (Å²) in [4.78, 5) is 0. The molecule has 0 aromatic rings. The van der Waals surface area contributed by atoms with Crippen molar-refractivity contribution in [3.63, 3.8) is 0 Å². The molecular weight excluding hydrogens is 140 g/mol. The summed E-state index contributed by atoms with van der Waals surface area (Å²) in [6.45, 7) is 3.39. The Kier molecular flexibility index (Phi) is 2.90. The molecule has 1 fully saturated rings. The van der Waals surface area contributed by atoms with Crippen molar-refractivity contribution in [1.29, 1.82) is 0 Å². The summed E-state index contributed by atoms with van der Waals surface area (Å²) < 4.78 is 5.43. The van der Waals surface area contributed by atoms with Gasteiger partial charge in [0.2, 0.25) is 0 Å². The van der Waals surface area contributed by atoms with Crippen molar-refractivity contribution in [1.82, 2.24) is 0 Å². The molecule has 0 aliphatic heterocycles. The van der Waals surface area contributed by atoms with Crippen LogP contribution in [0.3, 0.4) is 0 Å². The number of ether oxygens (including phenoxy) is 1. The molecule has 0 saturated heterocycles. The molecule has 0 bridgehead atoms. The van der Waals surface area contributed by atoms with Gasteiger partial charge in [0.1, 0.15) is 0 Å². The Morgan fingerprint density at radius 3 is 2.18 bits per heavy atom. The Balaban J connectivity index is 2.24. The molecule has 11 heavy (non-hydrogen) atoms. The van der Waals surface area contributed by atoms with Crippen molar-refractivity contribution >= 4 is 0 Å². The zero-order valence-corrected chi connectivity index (χ0v) is 7.47. The summed E-state index contributed by atoms with van der Waals surface area (Å²) in [5, 5.41) is 9.35. The van der Waals surface area contributed by atoms with Crippen molar-refractivity contribution in [3.05, 3.63) is 0 Å². The van der Waals surface area contributed by atoms with Gasteiger partial charge in [-0.2, -0.15) is 0 Å². The molecule has 0 radical (unpaired) electrons. The van der Waals surface area contributed by atoms with E-state index in [1.165, 1.54) is 19.3 Å². The molecule has 0 heterocycles. The monoisotopic (exact) mass is 158 g/mol. The average Bonchev–Trinajstić information content (AvgIpc) is 1.85. The number of rotatable bonds is 2. The van der Waals surface area contributed by atoms with E-state index in [1.807, 2.05) is 0 Å². The Labute approximate surface area is 68.6 Å². The van der Waals surface area contributed by atoms with Crippen LogP contribution in [0, 0.1) is 0 Å². The molecule has 66 valence electrons. The molecular formula is C9H18O2. The van der Waals surface area contributed by atoms with Crippen molar-refractivity contribution in [2.75, 3.05) is 0 Å². The Bertz CT molecular complexity index is 109. The highest BCUT2D eigenvalue weighted by molar-refractivity contribution is 4.67. The maximum Gasteiger partial charge on any atom is 0.160 e. The molecule has 1 N–H and O–H groups in total. The van der Waals surface area contributed by atoms with E-state index in [4.69, 9.17) is 4.74 Å². The number of aliphatic hydroxyl groups is 1. The predicted octanol–water partition coefficient (Wildman–Crippen LogP) is 2.06. The van der Waals surface area contributed by atoms with E-state index in [0.717, 1.165) is 12.8 Å².